The second kappa shape index (κ2) is 9.04. The standard InChI is InChI=1S/C22H22FNO5S/c1-24(30(25,26)20-11-9-18(27-2)10-12-20)17-5-7-19(8-6-17)29-15-16-4-13-22(28-3)21(23)14-16/h4-14H,15H2,1-3H3. The van der Waals surface area contributed by atoms with Crippen LogP contribution in [0.25, 0.3) is 0 Å². The fraction of sp³-hybridized carbons (Fsp3) is 0.182. The Morgan fingerprint density at radius 2 is 1.50 bits per heavy atom. The molecule has 0 aromatic heterocycles. The smallest absolute Gasteiger partial charge is 0.264 e. The third-order valence-corrected chi connectivity index (χ3v) is 6.34. The lowest BCUT2D eigenvalue weighted by atomic mass is 10.2. The number of sulfonamides is 1. The zero-order chi connectivity index (χ0) is 21.7. The van der Waals surface area contributed by atoms with E-state index in [1.807, 2.05) is 0 Å². The van der Waals surface area contributed by atoms with Crippen LogP contribution in [-0.4, -0.2) is 29.7 Å². The molecule has 30 heavy (non-hydrogen) atoms. The number of methoxy groups -OCH3 is 2. The van der Waals surface area contributed by atoms with Gasteiger partial charge < -0.3 is 14.2 Å². The van der Waals surface area contributed by atoms with Crippen LogP contribution in [0.3, 0.4) is 0 Å². The summed E-state index contributed by atoms with van der Waals surface area (Å²) < 4.78 is 56.2. The molecule has 3 aromatic carbocycles. The number of ether oxygens (including phenoxy) is 3. The summed E-state index contributed by atoms with van der Waals surface area (Å²) in [5.41, 5.74) is 1.13. The number of halogens is 1. The largest absolute Gasteiger partial charge is 0.497 e. The fourth-order valence-electron chi connectivity index (χ4n) is 2.76. The van der Waals surface area contributed by atoms with Gasteiger partial charge in [0.05, 0.1) is 24.8 Å². The van der Waals surface area contributed by atoms with Crippen LogP contribution in [0, 0.1) is 5.82 Å². The van der Waals surface area contributed by atoms with Crippen LogP contribution < -0.4 is 18.5 Å². The normalized spacial score (nSPS) is 11.1. The van der Waals surface area contributed by atoms with Gasteiger partial charge in [-0.2, -0.15) is 0 Å². The Hall–Kier alpha value is -3.26. The molecular formula is C22H22FNO5S. The van der Waals surface area contributed by atoms with E-state index in [1.54, 1.807) is 42.5 Å². The minimum Gasteiger partial charge on any atom is -0.497 e. The van der Waals surface area contributed by atoms with Gasteiger partial charge in [-0.15, -0.1) is 0 Å². The third kappa shape index (κ3) is 4.65. The van der Waals surface area contributed by atoms with E-state index >= 15 is 0 Å². The van der Waals surface area contributed by atoms with Crippen LogP contribution in [0.4, 0.5) is 10.1 Å². The first-order chi connectivity index (χ1) is 14.3. The first kappa shape index (κ1) is 21.4. The van der Waals surface area contributed by atoms with E-state index in [0.717, 1.165) is 0 Å². The number of benzene rings is 3. The van der Waals surface area contributed by atoms with Gasteiger partial charge >= 0.3 is 0 Å². The minimum atomic E-state index is -3.71. The van der Waals surface area contributed by atoms with Gasteiger partial charge in [0, 0.05) is 7.05 Å². The van der Waals surface area contributed by atoms with Crippen LogP contribution in [0.15, 0.2) is 71.6 Å². The Kier molecular flexibility index (Phi) is 6.47. The Balaban J connectivity index is 1.69. The Morgan fingerprint density at radius 1 is 0.867 bits per heavy atom. The van der Waals surface area contributed by atoms with Crippen molar-refractivity contribution in [1.29, 1.82) is 0 Å². The topological polar surface area (TPSA) is 65.1 Å². The molecule has 0 radical (unpaired) electrons. The van der Waals surface area contributed by atoms with Crippen molar-refractivity contribution in [3.8, 4) is 17.2 Å². The van der Waals surface area contributed by atoms with E-state index in [1.165, 1.54) is 49.8 Å². The zero-order valence-electron chi connectivity index (χ0n) is 16.8. The Bertz CT molecular complexity index is 1100. The van der Waals surface area contributed by atoms with Crippen molar-refractivity contribution in [3.05, 3.63) is 78.1 Å². The summed E-state index contributed by atoms with van der Waals surface area (Å²) in [6.45, 7) is 0.167. The number of hydrogen-bond donors (Lipinski definition) is 0. The maximum Gasteiger partial charge on any atom is 0.264 e. The molecule has 6 nitrogen and oxygen atoms in total. The molecule has 0 bridgehead atoms. The predicted molar refractivity (Wildman–Crippen MR) is 112 cm³/mol. The molecule has 0 spiro atoms. The van der Waals surface area contributed by atoms with Crippen molar-refractivity contribution in [2.24, 2.45) is 0 Å². The first-order valence-electron chi connectivity index (χ1n) is 9.03. The maximum absolute atomic E-state index is 13.8. The average Bonchev–Trinajstić information content (AvgIpc) is 2.77. The van der Waals surface area contributed by atoms with Crippen LogP contribution in [-0.2, 0) is 16.6 Å². The molecule has 0 atom stereocenters. The Morgan fingerprint density at radius 3 is 2.07 bits per heavy atom. The van der Waals surface area contributed by atoms with Gasteiger partial charge in [0.2, 0.25) is 0 Å². The summed E-state index contributed by atoms with van der Waals surface area (Å²) in [6, 6.07) is 17.4. The van der Waals surface area contributed by atoms with Crippen LogP contribution in [0.2, 0.25) is 0 Å². The van der Waals surface area contributed by atoms with Crippen molar-refractivity contribution in [2.75, 3.05) is 25.6 Å². The number of hydrogen-bond acceptors (Lipinski definition) is 5. The molecule has 0 saturated carbocycles. The summed E-state index contributed by atoms with van der Waals surface area (Å²) >= 11 is 0. The molecule has 0 amide bonds. The van der Waals surface area contributed by atoms with Gasteiger partial charge in [0.1, 0.15) is 18.1 Å². The third-order valence-electron chi connectivity index (χ3n) is 4.54. The van der Waals surface area contributed by atoms with E-state index in [9.17, 15) is 12.8 Å². The molecular weight excluding hydrogens is 409 g/mol. The SMILES string of the molecule is COc1ccc(S(=O)(=O)N(C)c2ccc(OCc3ccc(OC)c(F)c3)cc2)cc1. The molecule has 0 aliphatic rings. The molecule has 0 fully saturated rings. The van der Waals surface area contributed by atoms with E-state index in [4.69, 9.17) is 14.2 Å². The minimum absolute atomic E-state index is 0.160. The number of anilines is 1. The fourth-order valence-corrected chi connectivity index (χ4v) is 3.96. The van der Waals surface area contributed by atoms with Gasteiger partial charge in [-0.3, -0.25) is 4.31 Å². The summed E-state index contributed by atoms with van der Waals surface area (Å²) in [5, 5.41) is 0. The van der Waals surface area contributed by atoms with Crippen LogP contribution >= 0.6 is 0 Å². The van der Waals surface area contributed by atoms with Crippen molar-refractivity contribution >= 4 is 15.7 Å². The monoisotopic (exact) mass is 431 g/mol. The molecule has 158 valence electrons. The summed E-state index contributed by atoms with van der Waals surface area (Å²) in [7, 11) is 0.692. The van der Waals surface area contributed by atoms with E-state index in [0.29, 0.717) is 22.7 Å². The average molecular weight is 431 g/mol. The van der Waals surface area contributed by atoms with Gasteiger partial charge in [0.25, 0.3) is 10.0 Å². The first-order valence-corrected chi connectivity index (χ1v) is 10.5. The quantitative estimate of drug-likeness (QED) is 0.534. The molecule has 0 aliphatic carbocycles. The van der Waals surface area contributed by atoms with E-state index < -0.39 is 15.8 Å². The molecule has 0 unspecified atom stereocenters. The highest BCUT2D eigenvalue weighted by Crippen LogP contribution is 2.26. The highest BCUT2D eigenvalue weighted by Gasteiger charge is 2.21. The molecule has 0 aliphatic heterocycles. The zero-order valence-corrected chi connectivity index (χ0v) is 17.6. The second-order valence-electron chi connectivity index (χ2n) is 6.40. The van der Waals surface area contributed by atoms with Crippen LogP contribution in [0.1, 0.15) is 5.56 Å². The lowest BCUT2D eigenvalue weighted by Gasteiger charge is -2.20. The van der Waals surface area contributed by atoms with Gasteiger partial charge in [-0.25, -0.2) is 12.8 Å². The molecule has 0 saturated heterocycles. The molecule has 3 rings (SSSR count). The van der Waals surface area contributed by atoms with Crippen molar-refractivity contribution < 1.29 is 27.0 Å². The number of rotatable bonds is 8. The summed E-state index contributed by atoms with van der Waals surface area (Å²) in [5.74, 6) is 0.823. The predicted octanol–water partition coefficient (Wildman–Crippen LogP) is 4.25. The summed E-state index contributed by atoms with van der Waals surface area (Å²) in [4.78, 5) is 0.160. The molecule has 8 heteroatoms. The van der Waals surface area contributed by atoms with Crippen molar-refractivity contribution in [1.82, 2.24) is 0 Å². The van der Waals surface area contributed by atoms with E-state index in [-0.39, 0.29) is 17.3 Å². The second-order valence-corrected chi connectivity index (χ2v) is 8.37. The Labute approximate surface area is 175 Å². The van der Waals surface area contributed by atoms with E-state index in [2.05, 4.69) is 0 Å². The number of nitrogens with zero attached hydrogens (tertiary/aromatic N) is 1. The van der Waals surface area contributed by atoms with Crippen molar-refractivity contribution in [2.45, 2.75) is 11.5 Å². The molecule has 3 aromatic rings. The lowest BCUT2D eigenvalue weighted by molar-refractivity contribution is 0.304. The maximum atomic E-state index is 13.8. The highest BCUT2D eigenvalue weighted by atomic mass is 32.2. The van der Waals surface area contributed by atoms with Gasteiger partial charge in [-0.05, 0) is 66.2 Å². The summed E-state index contributed by atoms with van der Waals surface area (Å²) in [6.07, 6.45) is 0. The van der Waals surface area contributed by atoms with Gasteiger partial charge in [0.15, 0.2) is 11.6 Å². The van der Waals surface area contributed by atoms with Crippen LogP contribution in [0.5, 0.6) is 17.2 Å². The highest BCUT2D eigenvalue weighted by molar-refractivity contribution is 7.92. The molecule has 0 N–H and O–H groups in total. The molecule has 0 heterocycles. The lowest BCUT2D eigenvalue weighted by Crippen LogP contribution is -2.26. The van der Waals surface area contributed by atoms with Crippen molar-refractivity contribution in [3.63, 3.8) is 0 Å². The van der Waals surface area contributed by atoms with Gasteiger partial charge in [-0.1, -0.05) is 6.07 Å².